The first-order valence-electron chi connectivity index (χ1n) is 12.3. The van der Waals surface area contributed by atoms with Crippen molar-refractivity contribution in [3.63, 3.8) is 0 Å². The normalized spacial score (nSPS) is 21.7. The molecule has 0 saturated carbocycles. The van der Waals surface area contributed by atoms with Crippen molar-refractivity contribution in [2.24, 2.45) is 0 Å². The summed E-state index contributed by atoms with van der Waals surface area (Å²) in [5.74, 6) is 5.94. The van der Waals surface area contributed by atoms with Crippen LogP contribution in [-0.4, -0.2) is 64.2 Å². The van der Waals surface area contributed by atoms with Crippen molar-refractivity contribution in [3.8, 4) is 11.8 Å². The minimum absolute atomic E-state index is 0.0110. The molecule has 3 heterocycles. The molecule has 3 aromatic rings. The number of amides is 2. The first-order chi connectivity index (χ1) is 17.6. The lowest BCUT2D eigenvalue weighted by Gasteiger charge is -2.57. The fourth-order valence-corrected chi connectivity index (χ4v) is 5.25. The Bertz CT molecular complexity index is 1260. The molecule has 0 unspecified atom stereocenters. The highest BCUT2D eigenvalue weighted by Gasteiger charge is 2.49. The summed E-state index contributed by atoms with van der Waals surface area (Å²) in [7, 11) is 0. The van der Waals surface area contributed by atoms with Crippen molar-refractivity contribution in [1.29, 1.82) is 0 Å². The van der Waals surface area contributed by atoms with Gasteiger partial charge < -0.3 is 15.3 Å². The maximum Gasteiger partial charge on any atom is 0.321 e. The molecule has 184 valence electrons. The lowest BCUT2D eigenvalue weighted by molar-refractivity contribution is -0.0585. The van der Waals surface area contributed by atoms with Crippen LogP contribution in [-0.2, 0) is 0 Å². The summed E-state index contributed by atoms with van der Waals surface area (Å²) in [6, 6.07) is 17.9. The van der Waals surface area contributed by atoms with Gasteiger partial charge in [-0.3, -0.25) is 9.88 Å². The van der Waals surface area contributed by atoms with Crippen LogP contribution in [0, 0.1) is 17.7 Å². The quantitative estimate of drug-likeness (QED) is 0.550. The molecular weight excluding hydrogens is 455 g/mol. The molecule has 36 heavy (non-hydrogen) atoms. The molecule has 6 nitrogen and oxygen atoms in total. The SMILES string of the molecule is O=C(Nc1ccccc1F)N1CCCCN2[C@H](C1)[C@H](c1ccc(C#Cc3cccnc3)cc1)[C@@H]2CO. The Morgan fingerprint density at radius 2 is 1.81 bits per heavy atom. The molecular formula is C29H29FN4O2. The van der Waals surface area contributed by atoms with Crippen molar-refractivity contribution in [3.05, 3.63) is 95.6 Å². The summed E-state index contributed by atoms with van der Waals surface area (Å²) >= 11 is 0. The van der Waals surface area contributed by atoms with Crippen molar-refractivity contribution in [2.75, 3.05) is 31.6 Å². The largest absolute Gasteiger partial charge is 0.395 e. The van der Waals surface area contributed by atoms with Crippen molar-refractivity contribution in [1.82, 2.24) is 14.8 Å². The molecule has 2 saturated heterocycles. The number of hydrogen-bond acceptors (Lipinski definition) is 4. The van der Waals surface area contributed by atoms with Crippen LogP contribution in [0.1, 0.15) is 35.4 Å². The number of aliphatic hydroxyl groups is 1. The second kappa shape index (κ2) is 10.9. The van der Waals surface area contributed by atoms with Crippen molar-refractivity contribution < 1.29 is 14.3 Å². The maximum atomic E-state index is 14.1. The second-order valence-corrected chi connectivity index (χ2v) is 9.26. The topological polar surface area (TPSA) is 68.7 Å². The molecule has 0 bridgehead atoms. The van der Waals surface area contributed by atoms with E-state index in [-0.39, 0.29) is 36.3 Å². The lowest BCUT2D eigenvalue weighted by Crippen LogP contribution is -2.68. The number of rotatable bonds is 3. The summed E-state index contributed by atoms with van der Waals surface area (Å²) in [5, 5.41) is 12.9. The molecule has 2 amide bonds. The molecule has 1 aromatic heterocycles. The van der Waals surface area contributed by atoms with Gasteiger partial charge in [0.1, 0.15) is 5.82 Å². The van der Waals surface area contributed by atoms with E-state index in [0.717, 1.165) is 36.1 Å². The summed E-state index contributed by atoms with van der Waals surface area (Å²) in [4.78, 5) is 21.2. The Hall–Kier alpha value is -3.73. The summed E-state index contributed by atoms with van der Waals surface area (Å²) in [6.45, 7) is 2.09. The van der Waals surface area contributed by atoms with Crippen LogP contribution in [0.4, 0.5) is 14.9 Å². The predicted molar refractivity (Wildman–Crippen MR) is 137 cm³/mol. The Morgan fingerprint density at radius 3 is 2.56 bits per heavy atom. The third kappa shape index (κ3) is 5.11. The average Bonchev–Trinajstić information content (AvgIpc) is 2.89. The number of anilines is 1. The Kier molecular flexibility index (Phi) is 7.26. The highest BCUT2D eigenvalue weighted by atomic mass is 19.1. The molecule has 2 aliphatic rings. The maximum absolute atomic E-state index is 14.1. The van der Waals surface area contributed by atoms with Gasteiger partial charge in [-0.25, -0.2) is 9.18 Å². The second-order valence-electron chi connectivity index (χ2n) is 9.26. The van der Waals surface area contributed by atoms with Crippen LogP contribution in [0.5, 0.6) is 0 Å². The van der Waals surface area contributed by atoms with E-state index in [2.05, 4.69) is 39.2 Å². The van der Waals surface area contributed by atoms with Crippen LogP contribution in [0.25, 0.3) is 0 Å². The van der Waals surface area contributed by atoms with E-state index < -0.39 is 5.82 Å². The van der Waals surface area contributed by atoms with Gasteiger partial charge in [-0.15, -0.1) is 0 Å². The first-order valence-corrected chi connectivity index (χ1v) is 12.3. The van der Waals surface area contributed by atoms with Gasteiger partial charge >= 0.3 is 6.03 Å². The van der Waals surface area contributed by atoms with Gasteiger partial charge in [0.05, 0.1) is 12.3 Å². The number of pyridine rings is 1. The smallest absolute Gasteiger partial charge is 0.321 e. The van der Waals surface area contributed by atoms with E-state index in [9.17, 15) is 14.3 Å². The van der Waals surface area contributed by atoms with E-state index in [0.29, 0.717) is 13.1 Å². The third-order valence-corrected chi connectivity index (χ3v) is 7.08. The number of para-hydroxylation sites is 1. The molecule has 5 rings (SSSR count). The molecule has 2 N–H and O–H groups in total. The Labute approximate surface area is 210 Å². The van der Waals surface area contributed by atoms with Gasteiger partial charge in [0.25, 0.3) is 0 Å². The number of urea groups is 1. The van der Waals surface area contributed by atoms with Gasteiger partial charge in [-0.05, 0) is 61.3 Å². The molecule has 0 radical (unpaired) electrons. The number of aromatic nitrogens is 1. The van der Waals surface area contributed by atoms with Crippen molar-refractivity contribution in [2.45, 2.75) is 30.8 Å². The fraction of sp³-hybridized carbons (Fsp3) is 0.310. The lowest BCUT2D eigenvalue weighted by atomic mass is 9.74. The number of nitrogens with one attached hydrogen (secondary N) is 1. The van der Waals surface area contributed by atoms with E-state index in [1.54, 1.807) is 35.5 Å². The van der Waals surface area contributed by atoms with Gasteiger partial charge in [-0.1, -0.05) is 36.1 Å². The first kappa shape index (κ1) is 24.0. The molecule has 3 atom stereocenters. The Balaban J connectivity index is 1.32. The zero-order chi connectivity index (χ0) is 24.9. The van der Waals surface area contributed by atoms with Gasteiger partial charge in [-0.2, -0.15) is 0 Å². The predicted octanol–water partition coefficient (Wildman–Crippen LogP) is 4.08. The molecule has 0 aliphatic carbocycles. The molecule has 7 heteroatoms. The minimum atomic E-state index is -0.451. The number of halogens is 1. The zero-order valence-corrected chi connectivity index (χ0v) is 20.0. The number of fused-ring (bicyclic) bond motifs is 1. The number of aliphatic hydroxyl groups excluding tert-OH is 1. The van der Waals surface area contributed by atoms with E-state index in [1.807, 2.05) is 24.3 Å². The standard InChI is InChI=1S/C29H29FN4O2/c30-24-7-1-2-8-25(24)32-29(36)33-16-3-4-17-34-26(19-33)28(27(34)20-35)23-13-11-21(12-14-23)9-10-22-6-5-15-31-18-22/h1-2,5-8,11-15,18,26-28,35H,3-4,16-17,19-20H2,(H,32,36)/t26-,27+,28+/m1/s1. The monoisotopic (exact) mass is 484 g/mol. The number of hydrogen-bond donors (Lipinski definition) is 2. The summed E-state index contributed by atoms with van der Waals surface area (Å²) in [6.07, 6.45) is 5.26. The average molecular weight is 485 g/mol. The molecule has 2 aliphatic heterocycles. The third-order valence-electron chi connectivity index (χ3n) is 7.08. The van der Waals surface area contributed by atoms with E-state index in [1.165, 1.54) is 6.07 Å². The van der Waals surface area contributed by atoms with Crippen LogP contribution < -0.4 is 5.32 Å². The molecule has 2 fully saturated rings. The number of benzene rings is 2. The fourth-order valence-electron chi connectivity index (χ4n) is 5.25. The number of carbonyl (C=O) groups excluding carboxylic acids is 1. The van der Waals surface area contributed by atoms with E-state index >= 15 is 0 Å². The highest BCUT2D eigenvalue weighted by molar-refractivity contribution is 5.89. The van der Waals surface area contributed by atoms with Gasteiger partial charge in [0.2, 0.25) is 0 Å². The van der Waals surface area contributed by atoms with Crippen LogP contribution in [0.15, 0.2) is 73.1 Å². The zero-order valence-electron chi connectivity index (χ0n) is 20.0. The van der Waals surface area contributed by atoms with Crippen molar-refractivity contribution >= 4 is 11.7 Å². The van der Waals surface area contributed by atoms with Crippen LogP contribution in [0.3, 0.4) is 0 Å². The summed E-state index contributed by atoms with van der Waals surface area (Å²) in [5.41, 5.74) is 3.07. The molecule has 0 spiro atoms. The van der Waals surface area contributed by atoms with Crippen LogP contribution >= 0.6 is 0 Å². The van der Waals surface area contributed by atoms with Gasteiger partial charge in [0, 0.05) is 54.6 Å². The van der Waals surface area contributed by atoms with Gasteiger partial charge in [0.15, 0.2) is 0 Å². The summed E-state index contributed by atoms with van der Waals surface area (Å²) < 4.78 is 14.1. The van der Waals surface area contributed by atoms with Crippen LogP contribution in [0.2, 0.25) is 0 Å². The number of nitrogens with zero attached hydrogens (tertiary/aromatic N) is 3. The van der Waals surface area contributed by atoms with E-state index in [4.69, 9.17) is 0 Å². The number of carbonyl (C=O) groups is 1. The minimum Gasteiger partial charge on any atom is -0.395 e. The molecule has 2 aromatic carbocycles. The Morgan fingerprint density at radius 1 is 1.03 bits per heavy atom. The highest BCUT2D eigenvalue weighted by Crippen LogP contribution is 2.42.